The molecule has 0 bridgehead atoms. The van der Waals surface area contributed by atoms with Crippen LogP contribution in [0, 0.1) is 0 Å². The van der Waals surface area contributed by atoms with Crippen LogP contribution >= 0.6 is 0 Å². The normalized spacial score (nSPS) is 17.6. The molecule has 1 aliphatic rings. The first-order valence-electron chi connectivity index (χ1n) is 7.28. The SMILES string of the molecule is CC(NC1(c2ccc(OC(F)(F)F)cc2)CC1)c1cnccn1. The minimum absolute atomic E-state index is 0.00250. The van der Waals surface area contributed by atoms with Crippen molar-refractivity contribution in [3.63, 3.8) is 0 Å². The Kier molecular flexibility index (Phi) is 3.97. The topological polar surface area (TPSA) is 47.0 Å². The fourth-order valence-electron chi connectivity index (χ4n) is 2.64. The number of hydrogen-bond donors (Lipinski definition) is 1. The fourth-order valence-corrected chi connectivity index (χ4v) is 2.64. The quantitative estimate of drug-likeness (QED) is 0.911. The highest BCUT2D eigenvalue weighted by molar-refractivity contribution is 5.35. The van der Waals surface area contributed by atoms with Crippen molar-refractivity contribution in [3.8, 4) is 5.75 Å². The second kappa shape index (κ2) is 5.81. The molecule has 3 rings (SSSR count). The molecule has 1 saturated carbocycles. The Labute approximate surface area is 131 Å². The number of benzene rings is 1. The first kappa shape index (κ1) is 15.7. The average Bonchev–Trinajstić information content (AvgIpc) is 3.28. The molecule has 1 fully saturated rings. The molecule has 2 aromatic rings. The Hall–Kier alpha value is -2.15. The van der Waals surface area contributed by atoms with Crippen molar-refractivity contribution in [3.05, 3.63) is 54.1 Å². The van der Waals surface area contributed by atoms with Gasteiger partial charge in [-0.1, -0.05) is 12.1 Å². The van der Waals surface area contributed by atoms with Crippen LogP contribution in [0.15, 0.2) is 42.9 Å². The second-order valence-electron chi connectivity index (χ2n) is 5.65. The summed E-state index contributed by atoms with van der Waals surface area (Å²) in [6, 6.07) is 6.03. The lowest BCUT2D eigenvalue weighted by molar-refractivity contribution is -0.274. The predicted octanol–water partition coefficient (Wildman–Crippen LogP) is 3.72. The van der Waals surface area contributed by atoms with Crippen molar-refractivity contribution < 1.29 is 17.9 Å². The molecule has 1 unspecified atom stereocenters. The lowest BCUT2D eigenvalue weighted by atomic mass is 10.0. The van der Waals surface area contributed by atoms with E-state index in [1.807, 2.05) is 6.92 Å². The summed E-state index contributed by atoms with van der Waals surface area (Å²) < 4.78 is 40.5. The van der Waals surface area contributed by atoms with Gasteiger partial charge in [-0.05, 0) is 37.5 Å². The Bertz CT molecular complexity index is 655. The van der Waals surface area contributed by atoms with E-state index in [9.17, 15) is 13.2 Å². The van der Waals surface area contributed by atoms with Gasteiger partial charge in [0.2, 0.25) is 0 Å². The van der Waals surface area contributed by atoms with E-state index in [-0.39, 0.29) is 17.3 Å². The Morgan fingerprint density at radius 3 is 2.39 bits per heavy atom. The maximum atomic E-state index is 12.2. The molecule has 1 heterocycles. The molecular weight excluding hydrogens is 307 g/mol. The third-order valence-electron chi connectivity index (χ3n) is 3.91. The van der Waals surface area contributed by atoms with E-state index in [4.69, 9.17) is 0 Å². The van der Waals surface area contributed by atoms with Crippen molar-refractivity contribution in [1.29, 1.82) is 0 Å². The van der Waals surface area contributed by atoms with Crippen molar-refractivity contribution >= 4 is 0 Å². The van der Waals surface area contributed by atoms with Gasteiger partial charge in [-0.2, -0.15) is 0 Å². The minimum Gasteiger partial charge on any atom is -0.406 e. The maximum absolute atomic E-state index is 12.2. The summed E-state index contributed by atoms with van der Waals surface area (Å²) in [6.07, 6.45) is 2.14. The van der Waals surface area contributed by atoms with Crippen LogP contribution in [0.4, 0.5) is 13.2 Å². The van der Waals surface area contributed by atoms with Gasteiger partial charge < -0.3 is 4.74 Å². The number of nitrogens with zero attached hydrogens (tertiary/aromatic N) is 2. The molecule has 1 atom stereocenters. The van der Waals surface area contributed by atoms with E-state index >= 15 is 0 Å². The van der Waals surface area contributed by atoms with Crippen LogP contribution in [-0.4, -0.2) is 16.3 Å². The molecule has 4 nitrogen and oxygen atoms in total. The summed E-state index contributed by atoms with van der Waals surface area (Å²) in [4.78, 5) is 8.32. The van der Waals surface area contributed by atoms with Crippen LogP contribution in [0.3, 0.4) is 0 Å². The van der Waals surface area contributed by atoms with Gasteiger partial charge in [0.05, 0.1) is 5.69 Å². The smallest absolute Gasteiger partial charge is 0.406 e. The molecule has 0 spiro atoms. The summed E-state index contributed by atoms with van der Waals surface area (Å²) in [5.41, 5.74) is 1.56. The third-order valence-corrected chi connectivity index (χ3v) is 3.91. The van der Waals surface area contributed by atoms with E-state index in [2.05, 4.69) is 20.0 Å². The molecular formula is C16H16F3N3O. The highest BCUT2D eigenvalue weighted by Gasteiger charge is 2.45. The van der Waals surface area contributed by atoms with Gasteiger partial charge in [-0.3, -0.25) is 15.3 Å². The Morgan fingerprint density at radius 1 is 1.17 bits per heavy atom. The zero-order chi connectivity index (χ0) is 16.5. The summed E-state index contributed by atoms with van der Waals surface area (Å²) in [6.45, 7) is 1.99. The highest BCUT2D eigenvalue weighted by atomic mass is 19.4. The van der Waals surface area contributed by atoms with Crippen LogP contribution in [0.25, 0.3) is 0 Å². The van der Waals surface area contributed by atoms with Gasteiger partial charge in [-0.15, -0.1) is 13.2 Å². The molecule has 0 aliphatic heterocycles. The molecule has 1 N–H and O–H groups in total. The van der Waals surface area contributed by atoms with Gasteiger partial charge in [0.15, 0.2) is 0 Å². The van der Waals surface area contributed by atoms with Crippen LogP contribution in [0.5, 0.6) is 5.75 Å². The lowest BCUT2D eigenvalue weighted by Crippen LogP contribution is -2.32. The van der Waals surface area contributed by atoms with E-state index in [0.717, 1.165) is 24.1 Å². The van der Waals surface area contributed by atoms with Crippen molar-refractivity contribution in [1.82, 2.24) is 15.3 Å². The maximum Gasteiger partial charge on any atom is 0.573 e. The predicted molar refractivity (Wildman–Crippen MR) is 77.6 cm³/mol. The lowest BCUT2D eigenvalue weighted by Gasteiger charge is -2.23. The van der Waals surface area contributed by atoms with E-state index in [1.165, 1.54) is 12.1 Å². The molecule has 1 aromatic carbocycles. The van der Waals surface area contributed by atoms with Crippen molar-refractivity contribution in [2.75, 3.05) is 0 Å². The molecule has 7 heteroatoms. The van der Waals surface area contributed by atoms with Crippen LogP contribution < -0.4 is 10.1 Å². The number of ether oxygens (including phenoxy) is 1. The molecule has 0 saturated heterocycles. The van der Waals surface area contributed by atoms with Crippen LogP contribution in [0.2, 0.25) is 0 Å². The van der Waals surface area contributed by atoms with E-state index in [0.29, 0.717) is 0 Å². The van der Waals surface area contributed by atoms with E-state index in [1.54, 1.807) is 30.7 Å². The van der Waals surface area contributed by atoms with Gasteiger partial charge in [0, 0.05) is 30.2 Å². The number of alkyl halides is 3. The van der Waals surface area contributed by atoms with Crippen molar-refractivity contribution in [2.45, 2.75) is 37.7 Å². The number of hydrogen-bond acceptors (Lipinski definition) is 4. The van der Waals surface area contributed by atoms with Crippen LogP contribution in [-0.2, 0) is 5.54 Å². The first-order valence-corrected chi connectivity index (χ1v) is 7.28. The number of nitrogens with one attached hydrogen (secondary N) is 1. The summed E-state index contributed by atoms with van der Waals surface area (Å²) >= 11 is 0. The zero-order valence-electron chi connectivity index (χ0n) is 12.5. The molecule has 0 amide bonds. The molecule has 122 valence electrons. The highest BCUT2D eigenvalue weighted by Crippen LogP contribution is 2.47. The average molecular weight is 323 g/mol. The van der Waals surface area contributed by atoms with Crippen molar-refractivity contribution in [2.24, 2.45) is 0 Å². The number of rotatable bonds is 5. The Morgan fingerprint density at radius 2 is 1.87 bits per heavy atom. The first-order chi connectivity index (χ1) is 10.9. The zero-order valence-corrected chi connectivity index (χ0v) is 12.5. The summed E-state index contributed by atoms with van der Waals surface area (Å²) in [5.74, 6) is -0.209. The van der Waals surface area contributed by atoms with Gasteiger partial charge in [0.1, 0.15) is 5.75 Å². The molecule has 0 radical (unpaired) electrons. The number of halogens is 3. The van der Waals surface area contributed by atoms with Gasteiger partial charge in [0.25, 0.3) is 0 Å². The molecule has 1 aliphatic carbocycles. The monoisotopic (exact) mass is 323 g/mol. The molecule has 23 heavy (non-hydrogen) atoms. The fraction of sp³-hybridized carbons (Fsp3) is 0.375. The third kappa shape index (κ3) is 3.79. The van der Waals surface area contributed by atoms with Crippen LogP contribution in [0.1, 0.15) is 37.1 Å². The molecule has 1 aromatic heterocycles. The van der Waals surface area contributed by atoms with Gasteiger partial charge >= 0.3 is 6.36 Å². The van der Waals surface area contributed by atoms with E-state index < -0.39 is 6.36 Å². The minimum atomic E-state index is -4.67. The largest absolute Gasteiger partial charge is 0.573 e. The summed E-state index contributed by atoms with van der Waals surface area (Å²) in [7, 11) is 0. The second-order valence-corrected chi connectivity index (χ2v) is 5.65. The Balaban J connectivity index is 1.71. The standard InChI is InChI=1S/C16H16F3N3O/c1-11(14-10-20-8-9-21-14)22-15(6-7-15)12-2-4-13(5-3-12)23-16(17,18)19/h2-5,8-11,22H,6-7H2,1H3. The van der Waals surface area contributed by atoms with Gasteiger partial charge in [-0.25, -0.2) is 0 Å². The summed E-state index contributed by atoms with van der Waals surface area (Å²) in [5, 5.41) is 3.50. The number of aromatic nitrogens is 2.